The molecule has 1 atom stereocenters. The highest BCUT2D eigenvalue weighted by Crippen LogP contribution is 2.23. The van der Waals surface area contributed by atoms with Crippen molar-refractivity contribution in [3.05, 3.63) is 71.3 Å². The van der Waals surface area contributed by atoms with Crippen LogP contribution in [0.15, 0.2) is 54.6 Å². The number of nitrogens with zero attached hydrogens (tertiary/aromatic N) is 1. The molecule has 5 nitrogen and oxygen atoms in total. The number of imide groups is 1. The lowest BCUT2D eigenvalue weighted by Gasteiger charge is -2.16. The van der Waals surface area contributed by atoms with Crippen LogP contribution in [0.2, 0.25) is 0 Å². The van der Waals surface area contributed by atoms with Gasteiger partial charge < -0.3 is 5.11 Å². The van der Waals surface area contributed by atoms with E-state index in [0.717, 1.165) is 4.90 Å². The lowest BCUT2D eigenvalue weighted by molar-refractivity contribution is -0.127. The van der Waals surface area contributed by atoms with E-state index in [1.165, 1.54) is 0 Å². The van der Waals surface area contributed by atoms with Crippen molar-refractivity contribution in [3.8, 4) is 0 Å². The van der Waals surface area contributed by atoms with Gasteiger partial charge in [-0.25, -0.2) is 0 Å². The number of aliphatic hydroxyl groups excluding tert-OH is 1. The summed E-state index contributed by atoms with van der Waals surface area (Å²) < 4.78 is 0. The number of carbonyl (C=O) groups is 3. The lowest BCUT2D eigenvalue weighted by Crippen LogP contribution is -2.36. The molecule has 3 rings (SSSR count). The molecule has 0 saturated carbocycles. The average Bonchev–Trinajstić information content (AvgIpc) is 2.80. The van der Waals surface area contributed by atoms with Crippen LogP contribution < -0.4 is 0 Å². The molecule has 0 aromatic heterocycles. The third kappa shape index (κ3) is 2.31. The second-order valence-electron chi connectivity index (χ2n) is 5.02. The first-order chi connectivity index (χ1) is 10.6. The Morgan fingerprint density at radius 1 is 0.909 bits per heavy atom. The minimum Gasteiger partial charge on any atom is -0.380 e. The number of Topliss-reactive ketones (excluding diaryl/α,β-unsaturated/α-hetero) is 1. The molecule has 110 valence electrons. The van der Waals surface area contributed by atoms with Crippen molar-refractivity contribution < 1.29 is 19.5 Å². The first-order valence-electron chi connectivity index (χ1n) is 6.80. The first kappa shape index (κ1) is 14.2. The van der Waals surface area contributed by atoms with Crippen molar-refractivity contribution in [2.45, 2.75) is 6.10 Å². The summed E-state index contributed by atoms with van der Waals surface area (Å²) >= 11 is 0. The van der Waals surface area contributed by atoms with Crippen molar-refractivity contribution in [3.63, 3.8) is 0 Å². The fourth-order valence-corrected chi connectivity index (χ4v) is 2.45. The number of fused-ring (bicyclic) bond motifs is 1. The Balaban J connectivity index is 1.79. The Kier molecular flexibility index (Phi) is 3.56. The number of benzene rings is 2. The van der Waals surface area contributed by atoms with Crippen molar-refractivity contribution in [2.24, 2.45) is 0 Å². The molecule has 1 aliphatic heterocycles. The summed E-state index contributed by atoms with van der Waals surface area (Å²) in [4.78, 5) is 37.4. The number of rotatable bonds is 4. The van der Waals surface area contributed by atoms with Gasteiger partial charge in [0.25, 0.3) is 11.8 Å². The normalized spacial score (nSPS) is 14.9. The molecule has 1 unspecified atom stereocenters. The zero-order valence-electron chi connectivity index (χ0n) is 11.6. The van der Waals surface area contributed by atoms with Crippen LogP contribution in [0.3, 0.4) is 0 Å². The van der Waals surface area contributed by atoms with Crippen LogP contribution in [-0.2, 0) is 4.79 Å². The smallest absolute Gasteiger partial charge is 0.261 e. The second-order valence-corrected chi connectivity index (χ2v) is 5.02. The summed E-state index contributed by atoms with van der Waals surface area (Å²) in [7, 11) is 0. The van der Waals surface area contributed by atoms with Crippen LogP contribution in [0, 0.1) is 0 Å². The zero-order chi connectivity index (χ0) is 15.7. The van der Waals surface area contributed by atoms with Gasteiger partial charge in [-0.15, -0.1) is 0 Å². The monoisotopic (exact) mass is 295 g/mol. The predicted octanol–water partition coefficient (Wildman–Crippen LogP) is 1.59. The van der Waals surface area contributed by atoms with Crippen LogP contribution >= 0.6 is 0 Å². The Morgan fingerprint density at radius 3 is 1.95 bits per heavy atom. The third-order valence-electron chi connectivity index (χ3n) is 3.61. The van der Waals surface area contributed by atoms with Crippen molar-refractivity contribution in [1.82, 2.24) is 4.90 Å². The highest BCUT2D eigenvalue weighted by atomic mass is 16.3. The quantitative estimate of drug-likeness (QED) is 0.869. The summed E-state index contributed by atoms with van der Waals surface area (Å²) in [6.07, 6.45) is -1.36. The molecule has 0 saturated heterocycles. The molecule has 22 heavy (non-hydrogen) atoms. The van der Waals surface area contributed by atoms with E-state index in [0.29, 0.717) is 5.56 Å². The summed E-state index contributed by atoms with van der Waals surface area (Å²) in [6, 6.07) is 14.8. The van der Waals surface area contributed by atoms with Gasteiger partial charge in [0.05, 0.1) is 17.7 Å². The Bertz CT molecular complexity index is 719. The first-order valence-corrected chi connectivity index (χ1v) is 6.80. The molecule has 5 heteroatoms. The molecular formula is C17H13NO4. The number of hydrogen-bond donors (Lipinski definition) is 1. The number of carbonyl (C=O) groups excluding carboxylic acids is 3. The zero-order valence-corrected chi connectivity index (χ0v) is 11.6. The fourth-order valence-electron chi connectivity index (χ4n) is 2.45. The second kappa shape index (κ2) is 5.54. The molecule has 1 N–H and O–H groups in total. The molecule has 0 radical (unpaired) electrons. The number of amides is 2. The van der Waals surface area contributed by atoms with E-state index in [1.54, 1.807) is 54.6 Å². The molecule has 1 heterocycles. The number of ketones is 1. The molecule has 2 aromatic carbocycles. The van der Waals surface area contributed by atoms with E-state index < -0.39 is 30.2 Å². The van der Waals surface area contributed by atoms with E-state index in [1.807, 2.05) is 0 Å². The van der Waals surface area contributed by atoms with Crippen LogP contribution in [0.1, 0.15) is 32.4 Å². The maximum Gasteiger partial charge on any atom is 0.261 e. The highest BCUT2D eigenvalue weighted by molar-refractivity contribution is 6.22. The summed E-state index contributed by atoms with van der Waals surface area (Å²) in [5.41, 5.74) is 1.01. The van der Waals surface area contributed by atoms with Crippen molar-refractivity contribution >= 4 is 17.6 Å². The van der Waals surface area contributed by atoms with Gasteiger partial charge >= 0.3 is 0 Å². The highest BCUT2D eigenvalue weighted by Gasteiger charge is 2.37. The van der Waals surface area contributed by atoms with Crippen LogP contribution in [-0.4, -0.2) is 34.1 Å². The van der Waals surface area contributed by atoms with E-state index in [2.05, 4.69) is 0 Å². The van der Waals surface area contributed by atoms with E-state index in [4.69, 9.17) is 0 Å². The molecule has 0 fully saturated rings. The fraction of sp³-hybridized carbons (Fsp3) is 0.118. The molecule has 0 bridgehead atoms. The largest absolute Gasteiger partial charge is 0.380 e. The van der Waals surface area contributed by atoms with E-state index >= 15 is 0 Å². The third-order valence-corrected chi connectivity index (χ3v) is 3.61. The van der Waals surface area contributed by atoms with Gasteiger partial charge in [0.1, 0.15) is 6.10 Å². The van der Waals surface area contributed by atoms with Crippen molar-refractivity contribution in [2.75, 3.05) is 6.54 Å². The molecule has 1 aliphatic rings. The Hall–Kier alpha value is -2.79. The van der Waals surface area contributed by atoms with Gasteiger partial charge in [-0.05, 0) is 17.7 Å². The topological polar surface area (TPSA) is 74.7 Å². The molecule has 2 amide bonds. The lowest BCUT2D eigenvalue weighted by atomic mass is 10.1. The molecule has 0 spiro atoms. The molecule has 0 aliphatic carbocycles. The number of aliphatic hydroxyl groups is 1. The Morgan fingerprint density at radius 2 is 1.41 bits per heavy atom. The van der Waals surface area contributed by atoms with E-state index in [9.17, 15) is 19.5 Å². The van der Waals surface area contributed by atoms with Gasteiger partial charge in [-0.3, -0.25) is 19.3 Å². The van der Waals surface area contributed by atoms with Gasteiger partial charge in [0, 0.05) is 0 Å². The van der Waals surface area contributed by atoms with Gasteiger partial charge in [0.2, 0.25) is 0 Å². The van der Waals surface area contributed by atoms with Gasteiger partial charge in [-0.2, -0.15) is 0 Å². The van der Waals surface area contributed by atoms with Gasteiger partial charge in [0.15, 0.2) is 5.78 Å². The predicted molar refractivity (Wildman–Crippen MR) is 78.2 cm³/mol. The minimum absolute atomic E-state index is 0.287. The van der Waals surface area contributed by atoms with Crippen LogP contribution in [0.25, 0.3) is 0 Å². The van der Waals surface area contributed by atoms with Gasteiger partial charge in [-0.1, -0.05) is 42.5 Å². The van der Waals surface area contributed by atoms with E-state index in [-0.39, 0.29) is 11.1 Å². The SMILES string of the molecule is O=C(CN1C(=O)c2ccccc2C1=O)C(O)c1ccccc1. The summed E-state index contributed by atoms with van der Waals surface area (Å²) in [6.45, 7) is -0.442. The van der Waals surface area contributed by atoms with Crippen molar-refractivity contribution in [1.29, 1.82) is 0 Å². The minimum atomic E-state index is -1.36. The molecule has 2 aromatic rings. The molecular weight excluding hydrogens is 282 g/mol. The standard InChI is InChI=1S/C17H13NO4/c19-14(15(20)11-6-2-1-3-7-11)10-18-16(21)12-8-4-5-9-13(12)17(18)22/h1-9,15,20H,10H2. The number of hydrogen-bond acceptors (Lipinski definition) is 4. The summed E-state index contributed by atoms with van der Waals surface area (Å²) in [5, 5.41) is 10.0. The Labute approximate surface area is 126 Å². The summed E-state index contributed by atoms with van der Waals surface area (Å²) in [5.74, 6) is -1.61. The van der Waals surface area contributed by atoms with Crippen LogP contribution in [0.5, 0.6) is 0 Å². The average molecular weight is 295 g/mol. The maximum absolute atomic E-state index is 12.2. The van der Waals surface area contributed by atoms with Crippen LogP contribution in [0.4, 0.5) is 0 Å². The maximum atomic E-state index is 12.2.